The number of hydrogen-bond donors (Lipinski definition) is 1. The summed E-state index contributed by atoms with van der Waals surface area (Å²) in [6, 6.07) is 5.26. The molecule has 8 nitrogen and oxygen atoms in total. The van der Waals surface area contributed by atoms with Crippen LogP contribution in [0.15, 0.2) is 33.9 Å². The van der Waals surface area contributed by atoms with Gasteiger partial charge in [0, 0.05) is 46.3 Å². The van der Waals surface area contributed by atoms with Gasteiger partial charge in [-0.3, -0.25) is 28.5 Å². The molecule has 2 heterocycles. The number of halogens is 3. The average Bonchev–Trinajstić information content (AvgIpc) is 2.76. The first-order chi connectivity index (χ1) is 15.9. The molecule has 0 spiro atoms. The van der Waals surface area contributed by atoms with Gasteiger partial charge in [-0.15, -0.1) is 0 Å². The number of ketones is 1. The smallest absolute Gasteiger partial charge is 0.384 e. The van der Waals surface area contributed by atoms with Crippen molar-refractivity contribution in [3.8, 4) is 0 Å². The van der Waals surface area contributed by atoms with Crippen LogP contribution in [0, 0.1) is 5.92 Å². The van der Waals surface area contributed by atoms with Crippen LogP contribution in [0.2, 0.25) is 0 Å². The highest BCUT2D eigenvalue weighted by Gasteiger charge is 2.31. The molecular weight excluding hydrogens is 451 g/mol. The van der Waals surface area contributed by atoms with Crippen molar-refractivity contribution < 1.29 is 18.0 Å². The summed E-state index contributed by atoms with van der Waals surface area (Å²) in [6.45, 7) is 6.57. The summed E-state index contributed by atoms with van der Waals surface area (Å²) in [6.07, 6.45) is -4.38. The van der Waals surface area contributed by atoms with Gasteiger partial charge in [0.25, 0.3) is 5.56 Å². The predicted octanol–water partition coefficient (Wildman–Crippen LogP) is 1.80. The van der Waals surface area contributed by atoms with Gasteiger partial charge in [0.15, 0.2) is 5.78 Å². The Balaban J connectivity index is 1.66. The molecule has 1 aromatic carbocycles. The highest BCUT2D eigenvalue weighted by Crippen LogP contribution is 2.29. The summed E-state index contributed by atoms with van der Waals surface area (Å²) in [4.78, 5) is 41.9. The van der Waals surface area contributed by atoms with Crippen LogP contribution >= 0.6 is 0 Å². The Kier molecular flexibility index (Phi) is 7.67. The van der Waals surface area contributed by atoms with E-state index in [9.17, 15) is 27.6 Å². The Morgan fingerprint density at radius 2 is 1.71 bits per heavy atom. The Labute approximate surface area is 195 Å². The molecule has 11 heteroatoms. The number of anilines is 1. The monoisotopic (exact) mass is 481 g/mol. The topological polar surface area (TPSA) is 93.6 Å². The van der Waals surface area contributed by atoms with Crippen molar-refractivity contribution in [2.24, 2.45) is 13.0 Å². The van der Waals surface area contributed by atoms with E-state index < -0.39 is 28.8 Å². The number of alkyl halides is 3. The summed E-state index contributed by atoms with van der Waals surface area (Å²) in [5.74, 6) is -0.484. The number of nitrogens with two attached hydrogens (primary N) is 1. The predicted molar refractivity (Wildman–Crippen MR) is 123 cm³/mol. The number of piperazine rings is 1. The number of hydrogen-bond acceptors (Lipinski definition) is 6. The number of benzene rings is 1. The van der Waals surface area contributed by atoms with E-state index in [0.29, 0.717) is 38.3 Å². The van der Waals surface area contributed by atoms with Crippen LogP contribution in [0.1, 0.15) is 35.3 Å². The largest absolute Gasteiger partial charge is 0.416 e. The first-order valence-electron chi connectivity index (χ1n) is 11.1. The SMILES string of the molecule is CC(C)Cn1c(N)c(C(=O)CN2CCN(Cc3cccc(C(F)(F)F)c3)CC2)c(=O)n(C)c1=O. The van der Waals surface area contributed by atoms with Crippen molar-refractivity contribution >= 4 is 11.6 Å². The maximum absolute atomic E-state index is 13.0. The fourth-order valence-electron chi connectivity index (χ4n) is 4.08. The molecule has 3 rings (SSSR count). The van der Waals surface area contributed by atoms with Crippen LogP contribution in [0.3, 0.4) is 0 Å². The van der Waals surface area contributed by atoms with E-state index in [4.69, 9.17) is 5.73 Å². The minimum atomic E-state index is -4.38. The molecule has 2 aromatic rings. The molecular formula is C23H30F3N5O3. The van der Waals surface area contributed by atoms with E-state index in [2.05, 4.69) is 0 Å². The Morgan fingerprint density at radius 3 is 2.29 bits per heavy atom. The highest BCUT2D eigenvalue weighted by atomic mass is 19.4. The fraction of sp³-hybridized carbons (Fsp3) is 0.522. The van der Waals surface area contributed by atoms with Crippen molar-refractivity contribution in [3.05, 3.63) is 61.8 Å². The van der Waals surface area contributed by atoms with Crippen LogP contribution in [0.4, 0.5) is 19.0 Å². The summed E-state index contributed by atoms with van der Waals surface area (Å²) >= 11 is 0. The molecule has 0 saturated carbocycles. The van der Waals surface area contributed by atoms with Crippen molar-refractivity contribution in [2.75, 3.05) is 38.5 Å². The normalized spacial score (nSPS) is 15.7. The van der Waals surface area contributed by atoms with Gasteiger partial charge < -0.3 is 5.73 Å². The fourth-order valence-corrected chi connectivity index (χ4v) is 4.08. The minimum Gasteiger partial charge on any atom is -0.384 e. The summed E-state index contributed by atoms with van der Waals surface area (Å²) in [7, 11) is 1.32. The van der Waals surface area contributed by atoms with Crippen molar-refractivity contribution in [3.63, 3.8) is 0 Å². The lowest BCUT2D eigenvalue weighted by atomic mass is 10.1. The van der Waals surface area contributed by atoms with Crippen molar-refractivity contribution in [1.82, 2.24) is 18.9 Å². The summed E-state index contributed by atoms with van der Waals surface area (Å²) in [5.41, 5.74) is 4.52. The Hall–Kier alpha value is -2.92. The number of carbonyl (C=O) groups is 1. The standard InChI is InChI=1S/C23H30F3N5O3/c1-15(2)12-31-20(27)19(21(33)28(3)22(31)34)18(32)14-30-9-7-29(8-10-30)13-16-5-4-6-17(11-16)23(24,25)26/h4-6,11,15H,7-10,12-14,27H2,1-3H3. The van der Waals surface area contributed by atoms with Gasteiger partial charge in [0.05, 0.1) is 12.1 Å². The van der Waals surface area contributed by atoms with Crippen LogP contribution < -0.4 is 17.0 Å². The maximum Gasteiger partial charge on any atom is 0.416 e. The van der Waals surface area contributed by atoms with Gasteiger partial charge in [0.2, 0.25) is 0 Å². The maximum atomic E-state index is 13.0. The number of Topliss-reactive ketones (excluding diaryl/α,β-unsaturated/α-hetero) is 1. The number of nitrogen functional groups attached to an aromatic ring is 1. The zero-order chi connectivity index (χ0) is 25.2. The molecule has 1 aliphatic heterocycles. The number of aromatic nitrogens is 2. The van der Waals surface area contributed by atoms with E-state index >= 15 is 0 Å². The molecule has 1 fully saturated rings. The lowest BCUT2D eigenvalue weighted by Gasteiger charge is -2.34. The molecule has 1 aliphatic rings. The minimum absolute atomic E-state index is 0.0310. The number of rotatable bonds is 7. The molecule has 34 heavy (non-hydrogen) atoms. The van der Waals surface area contributed by atoms with E-state index in [1.807, 2.05) is 23.6 Å². The van der Waals surface area contributed by atoms with Gasteiger partial charge in [-0.2, -0.15) is 13.2 Å². The number of carbonyl (C=O) groups excluding carboxylic acids is 1. The van der Waals surface area contributed by atoms with Crippen LogP contribution in [0.25, 0.3) is 0 Å². The second-order valence-electron chi connectivity index (χ2n) is 9.09. The molecule has 0 atom stereocenters. The summed E-state index contributed by atoms with van der Waals surface area (Å²) in [5, 5.41) is 0. The molecule has 0 unspecified atom stereocenters. The Morgan fingerprint density at radius 1 is 1.09 bits per heavy atom. The van der Waals surface area contributed by atoms with Crippen LogP contribution in [-0.2, 0) is 26.3 Å². The number of nitrogens with zero attached hydrogens (tertiary/aromatic N) is 4. The zero-order valence-electron chi connectivity index (χ0n) is 19.6. The van der Waals surface area contributed by atoms with Crippen LogP contribution in [-0.4, -0.2) is 57.4 Å². The van der Waals surface area contributed by atoms with Gasteiger partial charge in [-0.25, -0.2) is 4.79 Å². The first kappa shape index (κ1) is 25.7. The lowest BCUT2D eigenvalue weighted by Crippen LogP contribution is -2.49. The van der Waals surface area contributed by atoms with E-state index in [1.54, 1.807) is 6.07 Å². The van der Waals surface area contributed by atoms with Crippen molar-refractivity contribution in [2.45, 2.75) is 33.1 Å². The molecule has 186 valence electrons. The van der Waals surface area contributed by atoms with E-state index in [0.717, 1.165) is 16.7 Å². The van der Waals surface area contributed by atoms with Gasteiger partial charge in [-0.05, 0) is 17.5 Å². The third-order valence-electron chi connectivity index (χ3n) is 5.90. The van der Waals surface area contributed by atoms with Crippen LogP contribution in [0.5, 0.6) is 0 Å². The quantitative estimate of drug-likeness (QED) is 0.607. The van der Waals surface area contributed by atoms with Gasteiger partial charge >= 0.3 is 11.9 Å². The molecule has 0 radical (unpaired) electrons. The highest BCUT2D eigenvalue weighted by molar-refractivity contribution is 6.01. The molecule has 0 amide bonds. The van der Waals surface area contributed by atoms with Gasteiger partial charge in [-0.1, -0.05) is 32.0 Å². The first-order valence-corrected chi connectivity index (χ1v) is 11.1. The van der Waals surface area contributed by atoms with Gasteiger partial charge in [0.1, 0.15) is 11.4 Å². The van der Waals surface area contributed by atoms with E-state index in [-0.39, 0.29) is 30.4 Å². The second-order valence-corrected chi connectivity index (χ2v) is 9.09. The molecule has 2 N–H and O–H groups in total. The molecule has 0 aliphatic carbocycles. The Bertz CT molecular complexity index is 1160. The van der Waals surface area contributed by atoms with E-state index in [1.165, 1.54) is 17.7 Å². The third kappa shape index (κ3) is 5.76. The van der Waals surface area contributed by atoms with Crippen molar-refractivity contribution in [1.29, 1.82) is 0 Å². The molecule has 1 saturated heterocycles. The summed E-state index contributed by atoms with van der Waals surface area (Å²) < 4.78 is 41.0. The zero-order valence-corrected chi connectivity index (χ0v) is 19.6. The molecule has 1 aromatic heterocycles. The lowest BCUT2D eigenvalue weighted by molar-refractivity contribution is -0.137. The molecule has 0 bridgehead atoms. The second kappa shape index (κ2) is 10.1. The third-order valence-corrected chi connectivity index (χ3v) is 5.90. The average molecular weight is 482 g/mol.